The third-order valence-electron chi connectivity index (χ3n) is 4.19. The molecule has 0 aliphatic heterocycles. The number of hydrogen-bond donors (Lipinski definition) is 2. The highest BCUT2D eigenvalue weighted by Gasteiger charge is 2.20. The van der Waals surface area contributed by atoms with Gasteiger partial charge in [-0.25, -0.2) is 10.2 Å². The molecule has 1 heterocycles. The Labute approximate surface area is 165 Å². The zero-order valence-corrected chi connectivity index (χ0v) is 17.2. The number of carbonyl (C=O) groups is 2. The lowest BCUT2D eigenvalue weighted by Gasteiger charge is -2.08. The molecule has 0 radical (unpaired) electrons. The summed E-state index contributed by atoms with van der Waals surface area (Å²) in [7, 11) is 0. The van der Waals surface area contributed by atoms with Gasteiger partial charge in [0.25, 0.3) is 5.91 Å². The third-order valence-corrected chi connectivity index (χ3v) is 4.19. The van der Waals surface area contributed by atoms with E-state index in [0.717, 1.165) is 16.7 Å². The normalized spacial score (nSPS) is 11.3. The van der Waals surface area contributed by atoms with Crippen molar-refractivity contribution in [3.63, 3.8) is 0 Å². The fourth-order valence-corrected chi connectivity index (χ4v) is 3.02. The number of hydrogen-bond acceptors (Lipinski definition) is 5. The van der Waals surface area contributed by atoms with Crippen molar-refractivity contribution in [1.29, 1.82) is 0 Å². The molecule has 7 nitrogen and oxygen atoms in total. The van der Waals surface area contributed by atoms with E-state index in [2.05, 4.69) is 15.5 Å². The highest BCUT2D eigenvalue weighted by atomic mass is 16.5. The number of nitrogens with one attached hydrogen (secondary N) is 2. The Hall–Kier alpha value is -3.09. The molecule has 0 unspecified atom stereocenters. The number of amides is 1. The van der Waals surface area contributed by atoms with Crippen molar-refractivity contribution in [2.75, 3.05) is 13.2 Å². The van der Waals surface area contributed by atoms with Crippen molar-refractivity contribution < 1.29 is 19.1 Å². The van der Waals surface area contributed by atoms with E-state index in [0.29, 0.717) is 35.0 Å². The molecule has 0 saturated carbocycles. The van der Waals surface area contributed by atoms with Gasteiger partial charge < -0.3 is 14.5 Å². The number of aromatic amines is 1. The predicted molar refractivity (Wildman–Crippen MR) is 108 cm³/mol. The fourth-order valence-electron chi connectivity index (χ4n) is 3.02. The van der Waals surface area contributed by atoms with Crippen LogP contribution < -0.4 is 10.2 Å². The first kappa shape index (κ1) is 21.2. The summed E-state index contributed by atoms with van der Waals surface area (Å²) in [5, 5.41) is 4.12. The summed E-state index contributed by atoms with van der Waals surface area (Å²) >= 11 is 0. The summed E-state index contributed by atoms with van der Waals surface area (Å²) in [6, 6.07) is 5.78. The minimum Gasteiger partial charge on any atom is -0.484 e. The van der Waals surface area contributed by atoms with Crippen LogP contribution in [0, 0.1) is 27.7 Å². The van der Waals surface area contributed by atoms with E-state index in [1.807, 2.05) is 39.0 Å². The smallest absolute Gasteiger partial charge is 0.340 e. The minimum atomic E-state index is -0.376. The molecule has 150 valence electrons. The van der Waals surface area contributed by atoms with Crippen LogP contribution in [0.4, 0.5) is 0 Å². The van der Waals surface area contributed by atoms with E-state index in [9.17, 15) is 9.59 Å². The number of esters is 1. The van der Waals surface area contributed by atoms with Crippen molar-refractivity contribution in [3.8, 4) is 5.75 Å². The van der Waals surface area contributed by atoms with E-state index in [4.69, 9.17) is 9.47 Å². The zero-order chi connectivity index (χ0) is 20.8. The average Bonchev–Trinajstić information content (AvgIpc) is 2.91. The summed E-state index contributed by atoms with van der Waals surface area (Å²) in [5.74, 6) is -0.105. The number of carbonyl (C=O) groups excluding carboxylic acids is 2. The van der Waals surface area contributed by atoms with Crippen LogP contribution in [0.25, 0.3) is 0 Å². The molecule has 7 heteroatoms. The van der Waals surface area contributed by atoms with Crippen molar-refractivity contribution in [1.82, 2.24) is 10.4 Å². The largest absolute Gasteiger partial charge is 0.484 e. The molecule has 28 heavy (non-hydrogen) atoms. The number of benzene rings is 1. The molecule has 0 saturated heterocycles. The molecule has 0 fully saturated rings. The first-order chi connectivity index (χ1) is 13.2. The van der Waals surface area contributed by atoms with Crippen molar-refractivity contribution in [3.05, 3.63) is 51.8 Å². The summed E-state index contributed by atoms with van der Waals surface area (Å²) in [5.41, 5.74) is 7.77. The fraction of sp³-hybridized carbons (Fsp3) is 0.381. The van der Waals surface area contributed by atoms with Crippen LogP contribution in [-0.4, -0.2) is 35.8 Å². The second-order valence-electron chi connectivity index (χ2n) is 6.69. The molecule has 0 aliphatic carbocycles. The number of aryl methyl sites for hydroxylation is 3. The van der Waals surface area contributed by atoms with Crippen LogP contribution in [-0.2, 0) is 9.53 Å². The summed E-state index contributed by atoms with van der Waals surface area (Å²) in [4.78, 5) is 27.3. The lowest BCUT2D eigenvalue weighted by Crippen LogP contribution is -2.25. The highest BCUT2D eigenvalue weighted by molar-refractivity contribution is 6.03. The molecule has 1 amide bonds. The first-order valence-electron chi connectivity index (χ1n) is 9.13. The molecular weight excluding hydrogens is 358 g/mol. The molecule has 1 aromatic carbocycles. The predicted octanol–water partition coefficient (Wildman–Crippen LogP) is 3.34. The lowest BCUT2D eigenvalue weighted by atomic mass is 10.1. The number of H-pyrrole nitrogens is 1. The van der Waals surface area contributed by atoms with Crippen LogP contribution in [0.1, 0.15) is 52.3 Å². The number of hydrazone groups is 1. The second kappa shape index (κ2) is 9.21. The van der Waals surface area contributed by atoms with Crippen molar-refractivity contribution >= 4 is 17.6 Å². The van der Waals surface area contributed by atoms with Gasteiger partial charge >= 0.3 is 5.97 Å². The Morgan fingerprint density at radius 3 is 2.36 bits per heavy atom. The number of aromatic nitrogens is 1. The maximum atomic E-state index is 12.1. The SMILES string of the molecule is CCOC(=O)c1c(C)[nH]c(C(C)=NNC(=O)COc2cc(C)cc(C)c2)c1C. The molecule has 0 atom stereocenters. The van der Waals surface area contributed by atoms with Crippen LogP contribution in [0.2, 0.25) is 0 Å². The topological polar surface area (TPSA) is 92.8 Å². The van der Waals surface area contributed by atoms with Gasteiger partial charge in [0.1, 0.15) is 5.75 Å². The van der Waals surface area contributed by atoms with Crippen LogP contribution in [0.3, 0.4) is 0 Å². The van der Waals surface area contributed by atoms with Gasteiger partial charge in [0, 0.05) is 5.69 Å². The number of ether oxygens (including phenoxy) is 2. The highest BCUT2D eigenvalue weighted by Crippen LogP contribution is 2.20. The van der Waals surface area contributed by atoms with Gasteiger partial charge in [-0.2, -0.15) is 5.10 Å². The minimum absolute atomic E-state index is 0.142. The van der Waals surface area contributed by atoms with E-state index in [1.54, 1.807) is 20.8 Å². The van der Waals surface area contributed by atoms with E-state index in [-0.39, 0.29) is 18.5 Å². The Bertz CT molecular complexity index is 892. The molecule has 1 aromatic heterocycles. The van der Waals surface area contributed by atoms with Crippen LogP contribution >= 0.6 is 0 Å². The Balaban J connectivity index is 2.02. The van der Waals surface area contributed by atoms with Crippen LogP contribution in [0.15, 0.2) is 23.3 Å². The van der Waals surface area contributed by atoms with Crippen molar-refractivity contribution in [2.45, 2.75) is 41.5 Å². The van der Waals surface area contributed by atoms with Crippen LogP contribution in [0.5, 0.6) is 5.75 Å². The molecule has 0 bridgehead atoms. The monoisotopic (exact) mass is 385 g/mol. The van der Waals surface area contributed by atoms with E-state index >= 15 is 0 Å². The van der Waals surface area contributed by atoms with Gasteiger partial charge in [-0.1, -0.05) is 6.07 Å². The second-order valence-corrected chi connectivity index (χ2v) is 6.69. The third kappa shape index (κ3) is 5.22. The summed E-state index contributed by atoms with van der Waals surface area (Å²) in [6.07, 6.45) is 0. The van der Waals surface area contributed by atoms with Gasteiger partial charge in [0.05, 0.1) is 23.6 Å². The molecule has 0 spiro atoms. The Morgan fingerprint density at radius 1 is 1.11 bits per heavy atom. The maximum absolute atomic E-state index is 12.1. The number of rotatable bonds is 7. The number of nitrogens with zero attached hydrogens (tertiary/aromatic N) is 1. The maximum Gasteiger partial charge on any atom is 0.340 e. The van der Waals surface area contributed by atoms with Gasteiger partial charge in [0.2, 0.25) is 0 Å². The van der Waals surface area contributed by atoms with Gasteiger partial charge in [0.15, 0.2) is 6.61 Å². The molecule has 2 aromatic rings. The molecule has 2 rings (SSSR count). The quantitative estimate of drug-likeness (QED) is 0.434. The lowest BCUT2D eigenvalue weighted by molar-refractivity contribution is -0.123. The Morgan fingerprint density at radius 2 is 1.75 bits per heavy atom. The van der Waals surface area contributed by atoms with E-state index < -0.39 is 0 Å². The Kier molecular flexibility index (Phi) is 6.98. The van der Waals surface area contributed by atoms with E-state index in [1.165, 1.54) is 0 Å². The first-order valence-corrected chi connectivity index (χ1v) is 9.13. The van der Waals surface area contributed by atoms with Gasteiger partial charge in [-0.3, -0.25) is 4.79 Å². The van der Waals surface area contributed by atoms with Gasteiger partial charge in [-0.05, 0) is 70.4 Å². The average molecular weight is 385 g/mol. The molecule has 2 N–H and O–H groups in total. The standard InChI is InChI=1S/C21H27N3O4/c1-7-27-21(26)19-14(4)20(22-15(19)5)16(6)23-24-18(25)11-28-17-9-12(2)8-13(3)10-17/h8-10,22H,7,11H2,1-6H3,(H,24,25). The summed E-state index contributed by atoms with van der Waals surface area (Å²) in [6.45, 7) is 11.2. The van der Waals surface area contributed by atoms with Gasteiger partial charge in [-0.15, -0.1) is 0 Å². The summed E-state index contributed by atoms with van der Waals surface area (Å²) < 4.78 is 10.6. The zero-order valence-electron chi connectivity index (χ0n) is 17.2. The van der Waals surface area contributed by atoms with Crippen molar-refractivity contribution in [2.24, 2.45) is 5.10 Å². The molecular formula is C21H27N3O4. The molecule has 0 aliphatic rings.